The topological polar surface area (TPSA) is 30.5 Å². The Morgan fingerprint density at radius 1 is 1.18 bits per heavy atom. The van der Waals surface area contributed by atoms with Crippen LogP contribution in [0.1, 0.15) is 12.8 Å². The first-order valence-electron chi connectivity index (χ1n) is 5.90. The van der Waals surface area contributed by atoms with Crippen molar-refractivity contribution in [2.24, 2.45) is 0 Å². The highest BCUT2D eigenvalue weighted by Gasteiger charge is 2.15. The van der Waals surface area contributed by atoms with E-state index >= 15 is 0 Å². The van der Waals surface area contributed by atoms with Crippen molar-refractivity contribution in [2.75, 3.05) is 31.0 Å². The Hall–Kier alpha value is -1.03. The van der Waals surface area contributed by atoms with Gasteiger partial charge in [-0.25, -0.2) is 0 Å². The molecule has 0 aromatic heterocycles. The average Bonchev–Trinajstić information content (AvgIpc) is 2.40. The van der Waals surface area contributed by atoms with Crippen LogP contribution in [0.15, 0.2) is 18.2 Å². The Morgan fingerprint density at radius 3 is 2.59 bits per heavy atom. The third kappa shape index (κ3) is 3.22. The zero-order valence-electron chi connectivity index (χ0n) is 10.4. The van der Waals surface area contributed by atoms with Crippen molar-refractivity contribution < 1.29 is 9.47 Å². The van der Waals surface area contributed by atoms with Crippen LogP contribution in [0.25, 0.3) is 0 Å². The second-order valence-electron chi connectivity index (χ2n) is 4.10. The van der Waals surface area contributed by atoms with Gasteiger partial charge in [0.1, 0.15) is 11.5 Å². The third-order valence-corrected chi connectivity index (χ3v) is 4.04. The van der Waals surface area contributed by atoms with Gasteiger partial charge in [0.05, 0.1) is 19.9 Å². The number of anilines is 1. The molecule has 17 heavy (non-hydrogen) atoms. The molecule has 1 N–H and O–H groups in total. The summed E-state index contributed by atoms with van der Waals surface area (Å²) in [7, 11) is 3.38. The quantitative estimate of drug-likeness (QED) is 0.893. The summed E-state index contributed by atoms with van der Waals surface area (Å²) in [6.07, 6.45) is 2.43. The summed E-state index contributed by atoms with van der Waals surface area (Å²) in [5.74, 6) is 4.22. The molecule has 1 fully saturated rings. The number of benzene rings is 1. The summed E-state index contributed by atoms with van der Waals surface area (Å²) in [5, 5.41) is 3.56. The molecule has 2 rings (SSSR count). The lowest BCUT2D eigenvalue weighted by Gasteiger charge is -2.24. The van der Waals surface area contributed by atoms with Gasteiger partial charge in [-0.15, -0.1) is 0 Å². The molecular formula is C13H19NO2S. The smallest absolute Gasteiger partial charge is 0.142 e. The first-order chi connectivity index (χ1) is 8.33. The molecular weight excluding hydrogens is 234 g/mol. The van der Waals surface area contributed by atoms with Gasteiger partial charge in [-0.1, -0.05) is 0 Å². The fourth-order valence-electron chi connectivity index (χ4n) is 1.99. The molecule has 94 valence electrons. The normalized spacial score (nSPS) is 16.6. The number of hydrogen-bond acceptors (Lipinski definition) is 4. The Labute approximate surface area is 107 Å². The molecule has 4 heteroatoms. The number of hydrogen-bond donors (Lipinski definition) is 1. The van der Waals surface area contributed by atoms with Gasteiger partial charge < -0.3 is 14.8 Å². The van der Waals surface area contributed by atoms with Gasteiger partial charge in [-0.05, 0) is 36.5 Å². The second-order valence-corrected chi connectivity index (χ2v) is 5.32. The van der Waals surface area contributed by atoms with Crippen LogP contribution in [-0.4, -0.2) is 31.8 Å². The van der Waals surface area contributed by atoms with Crippen LogP contribution in [0.2, 0.25) is 0 Å². The van der Waals surface area contributed by atoms with Crippen molar-refractivity contribution in [1.29, 1.82) is 0 Å². The average molecular weight is 253 g/mol. The summed E-state index contributed by atoms with van der Waals surface area (Å²) in [5.41, 5.74) is 1.03. The minimum absolute atomic E-state index is 0.553. The van der Waals surface area contributed by atoms with Crippen molar-refractivity contribution in [3.63, 3.8) is 0 Å². The number of methoxy groups -OCH3 is 2. The molecule has 0 radical (unpaired) electrons. The van der Waals surface area contributed by atoms with Gasteiger partial charge in [0.15, 0.2) is 0 Å². The van der Waals surface area contributed by atoms with Crippen LogP contribution in [-0.2, 0) is 0 Å². The van der Waals surface area contributed by atoms with Crippen molar-refractivity contribution in [3.05, 3.63) is 18.2 Å². The van der Waals surface area contributed by atoms with Gasteiger partial charge in [0.25, 0.3) is 0 Å². The van der Waals surface area contributed by atoms with Crippen molar-refractivity contribution >= 4 is 17.4 Å². The third-order valence-electron chi connectivity index (χ3n) is 2.99. The summed E-state index contributed by atoms with van der Waals surface area (Å²) in [4.78, 5) is 0. The molecule has 0 atom stereocenters. The van der Waals surface area contributed by atoms with E-state index in [1.165, 1.54) is 24.3 Å². The van der Waals surface area contributed by atoms with Crippen LogP contribution in [0.4, 0.5) is 5.69 Å². The van der Waals surface area contributed by atoms with Crippen LogP contribution in [0.5, 0.6) is 11.5 Å². The van der Waals surface area contributed by atoms with Crippen molar-refractivity contribution in [2.45, 2.75) is 18.9 Å². The summed E-state index contributed by atoms with van der Waals surface area (Å²) < 4.78 is 10.6. The first kappa shape index (κ1) is 12.4. The molecule has 0 amide bonds. The highest BCUT2D eigenvalue weighted by atomic mass is 32.2. The zero-order chi connectivity index (χ0) is 12.1. The van der Waals surface area contributed by atoms with Gasteiger partial charge >= 0.3 is 0 Å². The van der Waals surface area contributed by atoms with E-state index < -0.39 is 0 Å². The number of nitrogens with one attached hydrogen (secondary N) is 1. The Morgan fingerprint density at radius 2 is 1.94 bits per heavy atom. The molecule has 1 aromatic rings. The largest absolute Gasteiger partial charge is 0.497 e. The molecule has 1 aliphatic rings. The molecule has 1 aliphatic heterocycles. The maximum atomic E-state index is 5.36. The zero-order valence-corrected chi connectivity index (χ0v) is 11.2. The van der Waals surface area contributed by atoms with E-state index in [1.54, 1.807) is 14.2 Å². The minimum atomic E-state index is 0.553. The molecule has 1 saturated heterocycles. The standard InChI is InChI=1S/C13H19NO2S/c1-15-11-3-4-13(16-2)12(9-11)14-10-5-7-17-8-6-10/h3-4,9-10,14H,5-8H2,1-2H3. The summed E-state index contributed by atoms with van der Waals surface area (Å²) >= 11 is 2.03. The Kier molecular flexibility index (Phi) is 4.42. The lowest BCUT2D eigenvalue weighted by Crippen LogP contribution is -2.24. The monoisotopic (exact) mass is 253 g/mol. The first-order valence-corrected chi connectivity index (χ1v) is 7.05. The molecule has 0 aliphatic carbocycles. The lowest BCUT2D eigenvalue weighted by atomic mass is 10.1. The van der Waals surface area contributed by atoms with Crippen LogP contribution in [0, 0.1) is 0 Å². The highest BCUT2D eigenvalue weighted by molar-refractivity contribution is 7.99. The molecule has 0 spiro atoms. The minimum Gasteiger partial charge on any atom is -0.497 e. The van der Waals surface area contributed by atoms with Crippen molar-refractivity contribution in [3.8, 4) is 11.5 Å². The van der Waals surface area contributed by atoms with E-state index in [4.69, 9.17) is 9.47 Å². The number of rotatable bonds is 4. The maximum Gasteiger partial charge on any atom is 0.142 e. The van der Waals surface area contributed by atoms with E-state index in [0.717, 1.165) is 17.2 Å². The molecule has 1 heterocycles. The Bertz CT molecular complexity index is 364. The molecule has 0 bridgehead atoms. The Balaban J connectivity index is 2.11. The van der Waals surface area contributed by atoms with E-state index in [-0.39, 0.29) is 0 Å². The molecule has 0 saturated carbocycles. The maximum absolute atomic E-state index is 5.36. The highest BCUT2D eigenvalue weighted by Crippen LogP contribution is 2.31. The number of ether oxygens (including phenoxy) is 2. The van der Waals surface area contributed by atoms with Gasteiger partial charge in [0, 0.05) is 12.1 Å². The fourth-order valence-corrected chi connectivity index (χ4v) is 3.10. The predicted molar refractivity (Wildman–Crippen MR) is 73.5 cm³/mol. The van der Waals surface area contributed by atoms with E-state index in [2.05, 4.69) is 5.32 Å². The number of thioether (sulfide) groups is 1. The predicted octanol–water partition coefficient (Wildman–Crippen LogP) is 3.01. The van der Waals surface area contributed by atoms with E-state index in [0.29, 0.717) is 6.04 Å². The fraction of sp³-hybridized carbons (Fsp3) is 0.538. The lowest BCUT2D eigenvalue weighted by molar-refractivity contribution is 0.404. The molecule has 3 nitrogen and oxygen atoms in total. The molecule has 1 aromatic carbocycles. The van der Waals surface area contributed by atoms with Gasteiger partial charge in [-0.3, -0.25) is 0 Å². The van der Waals surface area contributed by atoms with E-state index in [1.807, 2.05) is 30.0 Å². The van der Waals surface area contributed by atoms with Crippen LogP contribution in [0.3, 0.4) is 0 Å². The second kappa shape index (κ2) is 6.05. The summed E-state index contributed by atoms with van der Waals surface area (Å²) in [6.45, 7) is 0. The van der Waals surface area contributed by atoms with Gasteiger partial charge in [0.2, 0.25) is 0 Å². The van der Waals surface area contributed by atoms with Gasteiger partial charge in [-0.2, -0.15) is 11.8 Å². The van der Waals surface area contributed by atoms with E-state index in [9.17, 15) is 0 Å². The molecule has 0 unspecified atom stereocenters. The van der Waals surface area contributed by atoms with Crippen molar-refractivity contribution in [1.82, 2.24) is 0 Å². The summed E-state index contributed by atoms with van der Waals surface area (Å²) in [6, 6.07) is 6.41. The van der Waals surface area contributed by atoms with Crippen LogP contribution >= 0.6 is 11.8 Å². The SMILES string of the molecule is COc1ccc(OC)c(NC2CCSCC2)c1. The van der Waals surface area contributed by atoms with Crippen LogP contribution < -0.4 is 14.8 Å².